The van der Waals surface area contributed by atoms with E-state index in [2.05, 4.69) is 16.1 Å². The molecule has 0 radical (unpaired) electrons. The molecular formula is C18H28N4O3S. The molecule has 0 unspecified atom stereocenters. The van der Waals surface area contributed by atoms with Gasteiger partial charge in [-0.1, -0.05) is 11.6 Å². The Balaban J connectivity index is 1.86. The molecule has 0 saturated carbocycles. The van der Waals surface area contributed by atoms with E-state index >= 15 is 0 Å². The number of sulfone groups is 1. The van der Waals surface area contributed by atoms with E-state index in [1.807, 2.05) is 27.7 Å². The summed E-state index contributed by atoms with van der Waals surface area (Å²) in [6.07, 6.45) is 3.89. The van der Waals surface area contributed by atoms with Crippen LogP contribution in [0.1, 0.15) is 36.8 Å². The van der Waals surface area contributed by atoms with Crippen LogP contribution in [-0.2, 0) is 16.4 Å². The molecule has 2 fully saturated rings. The highest BCUT2D eigenvalue weighted by molar-refractivity contribution is 7.91. The van der Waals surface area contributed by atoms with E-state index in [9.17, 15) is 13.2 Å². The first-order chi connectivity index (χ1) is 12.2. The number of nitrogens with zero attached hydrogens (tertiary/aromatic N) is 4. The van der Waals surface area contributed by atoms with Gasteiger partial charge < -0.3 is 4.90 Å². The summed E-state index contributed by atoms with van der Waals surface area (Å²) in [5.41, 5.74) is 2.48. The third-order valence-corrected chi connectivity index (χ3v) is 6.99. The second-order valence-corrected chi connectivity index (χ2v) is 9.62. The number of carbonyl (C=O) groups is 1. The van der Waals surface area contributed by atoms with Gasteiger partial charge in [-0.05, 0) is 27.7 Å². The third kappa shape index (κ3) is 3.71. The van der Waals surface area contributed by atoms with Crippen LogP contribution in [0.4, 0.5) is 0 Å². The first-order valence-electron chi connectivity index (χ1n) is 9.14. The number of hydrogen-bond donors (Lipinski definition) is 0. The molecule has 1 aromatic heterocycles. The SMILES string of the molecule is CCn1cc(C(=O)N2CCN(CC=C(C)C)[C@@H]3CS(=O)(=O)C[C@@H]32)c(C)n1. The van der Waals surface area contributed by atoms with Crippen LogP contribution in [0, 0.1) is 6.92 Å². The quantitative estimate of drug-likeness (QED) is 0.731. The van der Waals surface area contributed by atoms with Gasteiger partial charge in [0.15, 0.2) is 9.84 Å². The molecule has 0 aromatic carbocycles. The van der Waals surface area contributed by atoms with Gasteiger partial charge in [-0.3, -0.25) is 14.4 Å². The zero-order valence-electron chi connectivity index (χ0n) is 16.0. The van der Waals surface area contributed by atoms with Crippen molar-refractivity contribution in [3.8, 4) is 0 Å². The van der Waals surface area contributed by atoms with Crippen molar-refractivity contribution in [2.24, 2.45) is 0 Å². The van der Waals surface area contributed by atoms with Crippen LogP contribution in [0.25, 0.3) is 0 Å². The first kappa shape index (κ1) is 19.1. The van der Waals surface area contributed by atoms with E-state index in [1.165, 1.54) is 5.57 Å². The molecule has 2 saturated heterocycles. The van der Waals surface area contributed by atoms with E-state index in [1.54, 1.807) is 15.8 Å². The molecule has 2 aliphatic heterocycles. The molecule has 8 heteroatoms. The van der Waals surface area contributed by atoms with E-state index in [-0.39, 0.29) is 29.5 Å². The lowest BCUT2D eigenvalue weighted by Crippen LogP contribution is -2.60. The number of fused-ring (bicyclic) bond motifs is 1. The Labute approximate surface area is 155 Å². The lowest BCUT2D eigenvalue weighted by Gasteiger charge is -2.43. The molecule has 0 bridgehead atoms. The average molecular weight is 381 g/mol. The van der Waals surface area contributed by atoms with Gasteiger partial charge in [-0.15, -0.1) is 0 Å². The Morgan fingerprint density at radius 3 is 2.58 bits per heavy atom. The van der Waals surface area contributed by atoms with Crippen molar-refractivity contribution in [3.63, 3.8) is 0 Å². The second-order valence-electron chi connectivity index (χ2n) is 7.47. The number of amides is 1. The highest BCUT2D eigenvalue weighted by Gasteiger charge is 2.48. The average Bonchev–Trinajstić information content (AvgIpc) is 3.10. The van der Waals surface area contributed by atoms with Gasteiger partial charge in [0.2, 0.25) is 0 Å². The number of hydrogen-bond acceptors (Lipinski definition) is 5. The van der Waals surface area contributed by atoms with Gasteiger partial charge in [0.1, 0.15) is 0 Å². The standard InChI is InChI=1S/C18H28N4O3S/c1-5-21-10-15(14(4)19-21)18(23)22-9-8-20(7-6-13(2)3)16-11-26(24,25)12-17(16)22/h6,10,16-17H,5,7-9,11-12H2,1-4H3/t16-,17+/m1/s1. The Morgan fingerprint density at radius 1 is 1.27 bits per heavy atom. The normalized spacial score (nSPS) is 25.2. The Kier molecular flexibility index (Phi) is 5.25. The highest BCUT2D eigenvalue weighted by atomic mass is 32.2. The molecule has 7 nitrogen and oxygen atoms in total. The summed E-state index contributed by atoms with van der Waals surface area (Å²) < 4.78 is 26.4. The number of carbonyl (C=O) groups excluding carboxylic acids is 1. The number of rotatable bonds is 4. The van der Waals surface area contributed by atoms with E-state index in [0.717, 1.165) is 6.54 Å². The minimum atomic E-state index is -3.14. The van der Waals surface area contributed by atoms with Crippen molar-refractivity contribution in [1.29, 1.82) is 0 Å². The van der Waals surface area contributed by atoms with Crippen LogP contribution in [0.5, 0.6) is 0 Å². The summed E-state index contributed by atoms with van der Waals surface area (Å²) in [5, 5.41) is 4.36. The first-order valence-corrected chi connectivity index (χ1v) is 11.0. The van der Waals surface area contributed by atoms with Crippen LogP contribution in [0.3, 0.4) is 0 Å². The van der Waals surface area contributed by atoms with Crippen LogP contribution in [0.2, 0.25) is 0 Å². The molecule has 0 spiro atoms. The van der Waals surface area contributed by atoms with Crippen LogP contribution in [0.15, 0.2) is 17.8 Å². The summed E-state index contributed by atoms with van der Waals surface area (Å²) >= 11 is 0. The van der Waals surface area contributed by atoms with Gasteiger partial charge in [0.05, 0.1) is 28.8 Å². The Bertz CT molecular complexity index is 823. The van der Waals surface area contributed by atoms with E-state index in [0.29, 0.717) is 30.9 Å². The molecule has 1 aromatic rings. The maximum atomic E-state index is 13.1. The van der Waals surface area contributed by atoms with Gasteiger partial charge in [0.25, 0.3) is 5.91 Å². The van der Waals surface area contributed by atoms with E-state index in [4.69, 9.17) is 0 Å². The predicted molar refractivity (Wildman–Crippen MR) is 101 cm³/mol. The van der Waals surface area contributed by atoms with E-state index < -0.39 is 9.84 Å². The summed E-state index contributed by atoms with van der Waals surface area (Å²) in [6.45, 7) is 10.5. The van der Waals surface area contributed by atoms with Crippen molar-refractivity contribution < 1.29 is 13.2 Å². The lowest BCUT2D eigenvalue weighted by atomic mass is 10.0. The van der Waals surface area contributed by atoms with Crippen LogP contribution in [-0.4, -0.2) is 77.1 Å². The van der Waals surface area contributed by atoms with Crippen LogP contribution < -0.4 is 0 Å². The molecule has 2 aliphatic rings. The summed E-state index contributed by atoms with van der Waals surface area (Å²) in [6, 6.07) is -0.411. The molecule has 1 amide bonds. The van der Waals surface area contributed by atoms with Crippen molar-refractivity contribution in [2.45, 2.75) is 46.3 Å². The monoisotopic (exact) mass is 380 g/mol. The smallest absolute Gasteiger partial charge is 0.257 e. The number of allylic oxidation sites excluding steroid dienone is 1. The van der Waals surface area contributed by atoms with Crippen molar-refractivity contribution in [3.05, 3.63) is 29.1 Å². The van der Waals surface area contributed by atoms with Crippen LogP contribution >= 0.6 is 0 Å². The Morgan fingerprint density at radius 2 is 1.96 bits per heavy atom. The van der Waals surface area contributed by atoms with Crippen molar-refractivity contribution in [1.82, 2.24) is 19.6 Å². The predicted octanol–water partition coefficient (Wildman–Crippen LogP) is 1.10. The largest absolute Gasteiger partial charge is 0.332 e. The molecule has 3 rings (SSSR count). The molecule has 144 valence electrons. The number of piperazine rings is 1. The van der Waals surface area contributed by atoms with Gasteiger partial charge in [0, 0.05) is 38.4 Å². The summed E-state index contributed by atoms with van der Waals surface area (Å²) in [7, 11) is -3.14. The maximum absolute atomic E-state index is 13.1. The van der Waals surface area contributed by atoms with Gasteiger partial charge in [-0.2, -0.15) is 5.10 Å². The fourth-order valence-corrected chi connectivity index (χ4v) is 5.86. The molecule has 26 heavy (non-hydrogen) atoms. The van der Waals surface area contributed by atoms with Crippen molar-refractivity contribution >= 4 is 15.7 Å². The lowest BCUT2D eigenvalue weighted by molar-refractivity contribution is 0.0367. The molecule has 2 atom stereocenters. The number of aryl methyl sites for hydroxylation is 2. The zero-order valence-corrected chi connectivity index (χ0v) is 16.8. The third-order valence-electron chi connectivity index (χ3n) is 5.29. The fourth-order valence-electron chi connectivity index (χ4n) is 3.85. The Hall–Kier alpha value is -1.67. The minimum Gasteiger partial charge on any atom is -0.332 e. The molecule has 0 N–H and O–H groups in total. The van der Waals surface area contributed by atoms with Gasteiger partial charge in [-0.25, -0.2) is 8.42 Å². The molecule has 3 heterocycles. The highest BCUT2D eigenvalue weighted by Crippen LogP contribution is 2.28. The molecular weight excluding hydrogens is 352 g/mol. The maximum Gasteiger partial charge on any atom is 0.257 e. The fraction of sp³-hybridized carbons (Fsp3) is 0.667. The second kappa shape index (κ2) is 7.15. The minimum absolute atomic E-state index is 0.0513. The summed E-state index contributed by atoms with van der Waals surface area (Å²) in [5.74, 6) is 0.0807. The van der Waals surface area contributed by atoms with Crippen molar-refractivity contribution in [2.75, 3.05) is 31.1 Å². The summed E-state index contributed by atoms with van der Waals surface area (Å²) in [4.78, 5) is 17.1. The topological polar surface area (TPSA) is 75.5 Å². The molecule has 0 aliphatic carbocycles. The van der Waals surface area contributed by atoms with Gasteiger partial charge >= 0.3 is 0 Å². The number of aromatic nitrogens is 2. The zero-order chi connectivity index (χ0) is 19.1.